The summed E-state index contributed by atoms with van der Waals surface area (Å²) in [6.45, 7) is 0.472. The summed E-state index contributed by atoms with van der Waals surface area (Å²) in [6, 6.07) is 3.44. The number of hydrogen-bond donors (Lipinski definition) is 1. The minimum atomic E-state index is -0.605. The number of nitrogens with two attached hydrogens (primary N) is 1. The highest BCUT2D eigenvalue weighted by molar-refractivity contribution is 5.23. The SMILES string of the molecule is NCC1(c2nc(Cc3ccc(F)cc3F)no2)CC1. The standard InChI is InChI=1S/C13H13F2N3O/c14-9-2-1-8(10(15)6-9)5-11-17-12(19-18-11)13(7-16)3-4-13/h1-2,6H,3-5,7,16H2. The molecule has 0 spiro atoms. The van der Waals surface area contributed by atoms with Crippen molar-refractivity contribution < 1.29 is 13.3 Å². The lowest BCUT2D eigenvalue weighted by molar-refractivity contribution is 0.344. The van der Waals surface area contributed by atoms with E-state index in [1.54, 1.807) is 0 Å². The van der Waals surface area contributed by atoms with Gasteiger partial charge in [-0.05, 0) is 24.5 Å². The third-order valence-corrected chi connectivity index (χ3v) is 3.53. The maximum Gasteiger partial charge on any atom is 0.234 e. The Balaban J connectivity index is 1.80. The van der Waals surface area contributed by atoms with Gasteiger partial charge < -0.3 is 10.3 Å². The fourth-order valence-corrected chi connectivity index (χ4v) is 2.03. The lowest BCUT2D eigenvalue weighted by atomic mass is 10.1. The molecular weight excluding hydrogens is 252 g/mol. The van der Waals surface area contributed by atoms with Crippen molar-refractivity contribution >= 4 is 0 Å². The topological polar surface area (TPSA) is 64.9 Å². The van der Waals surface area contributed by atoms with Gasteiger partial charge in [0, 0.05) is 19.0 Å². The van der Waals surface area contributed by atoms with E-state index in [0.717, 1.165) is 18.9 Å². The van der Waals surface area contributed by atoms with Crippen LogP contribution < -0.4 is 5.73 Å². The van der Waals surface area contributed by atoms with Crippen molar-refractivity contribution in [2.45, 2.75) is 24.7 Å². The molecule has 0 aliphatic heterocycles. The van der Waals surface area contributed by atoms with Crippen LogP contribution in [0.15, 0.2) is 22.7 Å². The fourth-order valence-electron chi connectivity index (χ4n) is 2.03. The molecule has 0 amide bonds. The summed E-state index contributed by atoms with van der Waals surface area (Å²) in [7, 11) is 0. The van der Waals surface area contributed by atoms with Crippen LogP contribution in [0.1, 0.15) is 30.1 Å². The van der Waals surface area contributed by atoms with E-state index in [-0.39, 0.29) is 11.8 Å². The first-order valence-corrected chi connectivity index (χ1v) is 6.10. The molecule has 1 aromatic carbocycles. The number of rotatable bonds is 4. The van der Waals surface area contributed by atoms with Crippen LogP contribution in [0.25, 0.3) is 0 Å². The molecule has 1 saturated carbocycles. The normalized spacial score (nSPS) is 16.6. The summed E-state index contributed by atoms with van der Waals surface area (Å²) < 4.78 is 31.5. The molecule has 1 aliphatic rings. The van der Waals surface area contributed by atoms with Gasteiger partial charge in [-0.15, -0.1) is 0 Å². The van der Waals surface area contributed by atoms with Gasteiger partial charge in [0.1, 0.15) is 11.6 Å². The van der Waals surface area contributed by atoms with E-state index in [4.69, 9.17) is 10.3 Å². The van der Waals surface area contributed by atoms with Crippen molar-refractivity contribution in [3.05, 3.63) is 47.1 Å². The third kappa shape index (κ3) is 2.23. The summed E-state index contributed by atoms with van der Waals surface area (Å²) in [5.74, 6) is -0.297. The van der Waals surface area contributed by atoms with Gasteiger partial charge in [-0.25, -0.2) is 8.78 Å². The second kappa shape index (κ2) is 4.38. The van der Waals surface area contributed by atoms with Crippen LogP contribution in [0.2, 0.25) is 0 Å². The van der Waals surface area contributed by atoms with Crippen molar-refractivity contribution in [3.63, 3.8) is 0 Å². The Kier molecular flexibility index (Phi) is 2.82. The summed E-state index contributed by atoms with van der Waals surface area (Å²) in [6.07, 6.45) is 2.06. The molecule has 0 saturated heterocycles. The first-order chi connectivity index (χ1) is 9.13. The quantitative estimate of drug-likeness (QED) is 0.917. The molecule has 1 aliphatic carbocycles. The second-order valence-electron chi connectivity index (χ2n) is 4.91. The summed E-state index contributed by atoms with van der Waals surface area (Å²) in [5.41, 5.74) is 5.84. The van der Waals surface area contributed by atoms with Gasteiger partial charge in [-0.3, -0.25) is 0 Å². The molecule has 1 heterocycles. The predicted octanol–water partition coefficient (Wildman–Crippen LogP) is 1.93. The number of halogens is 2. The Morgan fingerprint density at radius 2 is 2.11 bits per heavy atom. The largest absolute Gasteiger partial charge is 0.339 e. The highest BCUT2D eigenvalue weighted by Gasteiger charge is 2.48. The third-order valence-electron chi connectivity index (χ3n) is 3.53. The van der Waals surface area contributed by atoms with Crippen LogP contribution in [-0.2, 0) is 11.8 Å². The molecule has 1 fully saturated rings. The molecule has 0 radical (unpaired) electrons. The van der Waals surface area contributed by atoms with Crippen molar-refractivity contribution in [3.8, 4) is 0 Å². The maximum absolute atomic E-state index is 13.5. The fraction of sp³-hybridized carbons (Fsp3) is 0.385. The Morgan fingerprint density at radius 1 is 1.32 bits per heavy atom. The summed E-state index contributed by atoms with van der Waals surface area (Å²) >= 11 is 0. The van der Waals surface area contributed by atoms with Crippen LogP contribution >= 0.6 is 0 Å². The van der Waals surface area contributed by atoms with Gasteiger partial charge >= 0.3 is 0 Å². The highest BCUT2D eigenvalue weighted by Crippen LogP contribution is 2.46. The van der Waals surface area contributed by atoms with E-state index in [1.807, 2.05) is 0 Å². The molecular formula is C13H13F2N3O. The average molecular weight is 265 g/mol. The van der Waals surface area contributed by atoms with E-state index in [1.165, 1.54) is 12.1 Å². The van der Waals surface area contributed by atoms with Gasteiger partial charge in [-0.2, -0.15) is 4.98 Å². The number of aromatic nitrogens is 2. The van der Waals surface area contributed by atoms with E-state index in [2.05, 4.69) is 10.1 Å². The lowest BCUT2D eigenvalue weighted by Gasteiger charge is -2.03. The van der Waals surface area contributed by atoms with Crippen molar-refractivity contribution in [1.82, 2.24) is 10.1 Å². The molecule has 2 aromatic rings. The van der Waals surface area contributed by atoms with E-state index >= 15 is 0 Å². The van der Waals surface area contributed by atoms with Gasteiger partial charge in [-0.1, -0.05) is 11.2 Å². The van der Waals surface area contributed by atoms with Gasteiger partial charge in [0.25, 0.3) is 0 Å². The Morgan fingerprint density at radius 3 is 2.74 bits per heavy atom. The van der Waals surface area contributed by atoms with E-state index in [9.17, 15) is 8.78 Å². The van der Waals surface area contributed by atoms with Crippen molar-refractivity contribution in [1.29, 1.82) is 0 Å². The first kappa shape index (κ1) is 12.2. The number of nitrogens with zero attached hydrogens (tertiary/aromatic N) is 2. The highest BCUT2D eigenvalue weighted by atomic mass is 19.1. The minimum Gasteiger partial charge on any atom is -0.339 e. The van der Waals surface area contributed by atoms with Crippen LogP contribution in [0.4, 0.5) is 8.78 Å². The molecule has 6 heteroatoms. The summed E-state index contributed by atoms with van der Waals surface area (Å²) in [5, 5.41) is 3.83. The van der Waals surface area contributed by atoms with Crippen molar-refractivity contribution in [2.75, 3.05) is 6.54 Å². The lowest BCUT2D eigenvalue weighted by Crippen LogP contribution is -2.20. The molecule has 4 nitrogen and oxygen atoms in total. The Bertz CT molecular complexity index is 608. The summed E-state index contributed by atoms with van der Waals surface area (Å²) in [4.78, 5) is 4.26. The molecule has 100 valence electrons. The maximum atomic E-state index is 13.5. The number of hydrogen-bond acceptors (Lipinski definition) is 4. The smallest absolute Gasteiger partial charge is 0.234 e. The zero-order valence-corrected chi connectivity index (χ0v) is 10.2. The Labute approximate surface area is 108 Å². The van der Waals surface area contributed by atoms with Gasteiger partial charge in [0.15, 0.2) is 5.82 Å². The predicted molar refractivity (Wildman–Crippen MR) is 63.4 cm³/mol. The monoisotopic (exact) mass is 265 g/mol. The molecule has 1 aromatic heterocycles. The number of benzene rings is 1. The van der Waals surface area contributed by atoms with Crippen LogP contribution in [0, 0.1) is 11.6 Å². The first-order valence-electron chi connectivity index (χ1n) is 6.10. The molecule has 0 unspecified atom stereocenters. The molecule has 2 N–H and O–H groups in total. The van der Waals surface area contributed by atoms with Crippen LogP contribution in [0.5, 0.6) is 0 Å². The molecule has 0 atom stereocenters. The van der Waals surface area contributed by atoms with Gasteiger partial charge in [0.05, 0.1) is 5.41 Å². The van der Waals surface area contributed by atoms with E-state index in [0.29, 0.717) is 23.8 Å². The van der Waals surface area contributed by atoms with Crippen LogP contribution in [0.3, 0.4) is 0 Å². The zero-order chi connectivity index (χ0) is 13.5. The minimum absolute atomic E-state index is 0.174. The zero-order valence-electron chi connectivity index (χ0n) is 10.2. The molecule has 19 heavy (non-hydrogen) atoms. The van der Waals surface area contributed by atoms with Gasteiger partial charge in [0.2, 0.25) is 5.89 Å². The van der Waals surface area contributed by atoms with Crippen molar-refractivity contribution in [2.24, 2.45) is 5.73 Å². The van der Waals surface area contributed by atoms with E-state index < -0.39 is 11.6 Å². The van der Waals surface area contributed by atoms with Crippen LogP contribution in [-0.4, -0.2) is 16.7 Å². The molecule has 0 bridgehead atoms. The average Bonchev–Trinajstić information content (AvgIpc) is 3.06. The molecule has 3 rings (SSSR count). The Hall–Kier alpha value is -1.82. The second-order valence-corrected chi connectivity index (χ2v) is 4.91.